The third-order valence-electron chi connectivity index (χ3n) is 8.00. The monoisotopic (exact) mass is 556 g/mol. The van der Waals surface area contributed by atoms with E-state index in [1.807, 2.05) is 19.1 Å². The summed E-state index contributed by atoms with van der Waals surface area (Å²) in [4.78, 5) is 0. The summed E-state index contributed by atoms with van der Waals surface area (Å²) in [6.07, 6.45) is 9.33. The third-order valence-corrected chi connectivity index (χ3v) is 8.00. The van der Waals surface area contributed by atoms with Gasteiger partial charge < -0.3 is 9.47 Å². The van der Waals surface area contributed by atoms with Crippen molar-refractivity contribution in [1.82, 2.24) is 0 Å². The van der Waals surface area contributed by atoms with Gasteiger partial charge in [-0.3, -0.25) is 0 Å². The zero-order chi connectivity index (χ0) is 28.5. The molecule has 6 heteroatoms. The molecule has 1 aliphatic carbocycles. The van der Waals surface area contributed by atoms with Gasteiger partial charge in [0, 0.05) is 5.56 Å². The SMILES string of the molecule is CCCCCCCCOc1ccc(OCC2CCC(c3ccc(-c4ccc(C)cc4)c(F)c3F)CC2)c(F)c1F. The van der Waals surface area contributed by atoms with Gasteiger partial charge in [-0.25, -0.2) is 8.78 Å². The first-order valence-electron chi connectivity index (χ1n) is 14.7. The predicted molar refractivity (Wildman–Crippen MR) is 152 cm³/mol. The van der Waals surface area contributed by atoms with Crippen LogP contribution in [0, 0.1) is 36.1 Å². The van der Waals surface area contributed by atoms with E-state index < -0.39 is 23.3 Å². The molecule has 0 bridgehead atoms. The quantitative estimate of drug-likeness (QED) is 0.154. The van der Waals surface area contributed by atoms with E-state index in [-0.39, 0.29) is 35.5 Å². The first-order valence-corrected chi connectivity index (χ1v) is 14.7. The van der Waals surface area contributed by atoms with E-state index in [1.165, 1.54) is 31.4 Å². The lowest BCUT2D eigenvalue weighted by molar-refractivity contribution is 0.190. The summed E-state index contributed by atoms with van der Waals surface area (Å²) in [6, 6.07) is 13.5. The third kappa shape index (κ3) is 7.58. The van der Waals surface area contributed by atoms with Crippen LogP contribution in [-0.2, 0) is 0 Å². The van der Waals surface area contributed by atoms with Crippen LogP contribution in [0.15, 0.2) is 48.5 Å². The van der Waals surface area contributed by atoms with E-state index in [4.69, 9.17) is 9.47 Å². The second kappa shape index (κ2) is 14.6. The van der Waals surface area contributed by atoms with Crippen molar-refractivity contribution in [3.63, 3.8) is 0 Å². The molecule has 1 saturated carbocycles. The molecule has 0 aromatic heterocycles. The maximum absolute atomic E-state index is 15.1. The molecule has 0 aliphatic heterocycles. The lowest BCUT2D eigenvalue weighted by Crippen LogP contribution is -2.20. The van der Waals surface area contributed by atoms with Crippen molar-refractivity contribution in [2.45, 2.75) is 84.0 Å². The fraction of sp³-hybridized carbons (Fsp3) is 0.471. The van der Waals surface area contributed by atoms with Crippen molar-refractivity contribution >= 4 is 0 Å². The summed E-state index contributed by atoms with van der Waals surface area (Å²) >= 11 is 0. The van der Waals surface area contributed by atoms with E-state index in [0.29, 0.717) is 30.6 Å². The highest BCUT2D eigenvalue weighted by molar-refractivity contribution is 5.65. The molecule has 0 radical (unpaired) electrons. The Balaban J connectivity index is 1.26. The average molecular weight is 557 g/mol. The number of ether oxygens (including phenoxy) is 2. The van der Waals surface area contributed by atoms with Gasteiger partial charge in [0.05, 0.1) is 13.2 Å². The summed E-state index contributed by atoms with van der Waals surface area (Å²) in [7, 11) is 0. The van der Waals surface area contributed by atoms with Gasteiger partial charge in [-0.05, 0) is 74.1 Å². The summed E-state index contributed by atoms with van der Waals surface area (Å²) in [5, 5.41) is 0. The van der Waals surface area contributed by atoms with Crippen LogP contribution in [0.4, 0.5) is 17.6 Å². The van der Waals surface area contributed by atoms with Gasteiger partial charge in [-0.15, -0.1) is 0 Å². The molecule has 216 valence electrons. The van der Waals surface area contributed by atoms with Crippen molar-refractivity contribution in [2.24, 2.45) is 5.92 Å². The van der Waals surface area contributed by atoms with Crippen LogP contribution in [0.3, 0.4) is 0 Å². The van der Waals surface area contributed by atoms with Crippen LogP contribution in [0.25, 0.3) is 11.1 Å². The van der Waals surface area contributed by atoms with Crippen molar-refractivity contribution in [3.8, 4) is 22.6 Å². The predicted octanol–water partition coefficient (Wildman–Crippen LogP) is 10.3. The molecular formula is C34H40F4O2. The van der Waals surface area contributed by atoms with Crippen LogP contribution in [0.2, 0.25) is 0 Å². The van der Waals surface area contributed by atoms with Crippen molar-refractivity contribution < 1.29 is 27.0 Å². The van der Waals surface area contributed by atoms with Crippen molar-refractivity contribution in [2.75, 3.05) is 13.2 Å². The van der Waals surface area contributed by atoms with Crippen LogP contribution in [0.1, 0.15) is 88.2 Å². The van der Waals surface area contributed by atoms with Gasteiger partial charge in [0.25, 0.3) is 0 Å². The van der Waals surface area contributed by atoms with E-state index in [1.54, 1.807) is 24.3 Å². The van der Waals surface area contributed by atoms with Gasteiger partial charge in [0.1, 0.15) is 0 Å². The number of rotatable bonds is 13. The molecule has 1 fully saturated rings. The fourth-order valence-electron chi connectivity index (χ4n) is 5.49. The van der Waals surface area contributed by atoms with E-state index in [9.17, 15) is 13.2 Å². The maximum atomic E-state index is 15.1. The molecule has 40 heavy (non-hydrogen) atoms. The Kier molecular flexibility index (Phi) is 10.9. The lowest BCUT2D eigenvalue weighted by Gasteiger charge is -2.29. The second-order valence-electron chi connectivity index (χ2n) is 11.0. The molecule has 2 nitrogen and oxygen atoms in total. The minimum Gasteiger partial charge on any atom is -0.490 e. The number of benzene rings is 3. The molecule has 0 N–H and O–H groups in total. The van der Waals surface area contributed by atoms with E-state index >= 15 is 4.39 Å². The number of hydrogen-bond acceptors (Lipinski definition) is 2. The van der Waals surface area contributed by atoms with Crippen LogP contribution in [-0.4, -0.2) is 13.2 Å². The standard InChI is InChI=1S/C34H40F4O2/c1-3-4-5-6-7-8-21-39-29-19-20-30(34(38)33(29)37)40-22-24-11-15-26(16-12-24)28-18-17-27(31(35)32(28)36)25-13-9-23(2)10-14-25/h9-10,13-14,17-20,24,26H,3-8,11-12,15-16,21-22H2,1-2H3. The highest BCUT2D eigenvalue weighted by atomic mass is 19.2. The minimum absolute atomic E-state index is 0.0879. The molecule has 0 heterocycles. The normalized spacial score (nSPS) is 17.1. The Hall–Kier alpha value is -3.02. The first kappa shape index (κ1) is 30.0. The summed E-state index contributed by atoms with van der Waals surface area (Å²) in [5.74, 6) is -3.86. The molecule has 0 spiro atoms. The fourth-order valence-corrected chi connectivity index (χ4v) is 5.49. The highest BCUT2D eigenvalue weighted by Gasteiger charge is 2.27. The number of unbranched alkanes of at least 4 members (excludes halogenated alkanes) is 5. The topological polar surface area (TPSA) is 18.5 Å². The summed E-state index contributed by atoms with van der Waals surface area (Å²) in [5.41, 5.74) is 2.36. The van der Waals surface area contributed by atoms with Gasteiger partial charge in [-0.2, -0.15) is 8.78 Å². The van der Waals surface area contributed by atoms with Crippen LogP contribution < -0.4 is 9.47 Å². The average Bonchev–Trinajstić information content (AvgIpc) is 2.96. The zero-order valence-electron chi connectivity index (χ0n) is 23.6. The number of aryl methyl sites for hydroxylation is 1. The Morgan fingerprint density at radius 1 is 0.650 bits per heavy atom. The molecule has 1 aliphatic rings. The van der Waals surface area contributed by atoms with Crippen LogP contribution in [0.5, 0.6) is 11.5 Å². The number of halogens is 4. The Morgan fingerprint density at radius 3 is 1.95 bits per heavy atom. The first-order chi connectivity index (χ1) is 19.4. The largest absolute Gasteiger partial charge is 0.490 e. The summed E-state index contributed by atoms with van der Waals surface area (Å²) < 4.78 is 70.3. The molecule has 4 rings (SSSR count). The maximum Gasteiger partial charge on any atom is 0.204 e. The smallest absolute Gasteiger partial charge is 0.204 e. The Bertz CT molecular complexity index is 1230. The molecule has 0 amide bonds. The minimum atomic E-state index is -1.04. The second-order valence-corrected chi connectivity index (χ2v) is 11.0. The molecule has 3 aromatic rings. The van der Waals surface area contributed by atoms with E-state index in [2.05, 4.69) is 6.92 Å². The zero-order valence-corrected chi connectivity index (χ0v) is 23.6. The van der Waals surface area contributed by atoms with Gasteiger partial charge in [0.2, 0.25) is 11.6 Å². The molecule has 0 atom stereocenters. The summed E-state index contributed by atoms with van der Waals surface area (Å²) in [6.45, 7) is 4.70. The van der Waals surface area contributed by atoms with E-state index in [0.717, 1.165) is 37.7 Å². The van der Waals surface area contributed by atoms with Crippen molar-refractivity contribution in [3.05, 3.63) is 82.9 Å². The van der Waals surface area contributed by atoms with Gasteiger partial charge in [0.15, 0.2) is 23.1 Å². The molecule has 0 unspecified atom stereocenters. The number of hydrogen-bond donors (Lipinski definition) is 0. The molecular weight excluding hydrogens is 516 g/mol. The lowest BCUT2D eigenvalue weighted by atomic mass is 9.78. The van der Waals surface area contributed by atoms with Gasteiger partial charge in [-0.1, -0.05) is 81.0 Å². The van der Waals surface area contributed by atoms with Gasteiger partial charge >= 0.3 is 0 Å². The Morgan fingerprint density at radius 2 is 1.27 bits per heavy atom. The molecule has 0 saturated heterocycles. The molecule has 3 aromatic carbocycles. The highest BCUT2D eigenvalue weighted by Crippen LogP contribution is 2.39. The Labute approximate surface area is 235 Å². The van der Waals surface area contributed by atoms with Crippen LogP contribution >= 0.6 is 0 Å². The van der Waals surface area contributed by atoms with Crippen molar-refractivity contribution in [1.29, 1.82) is 0 Å².